The van der Waals surface area contributed by atoms with Gasteiger partial charge >= 0.3 is 0 Å². The number of aryl methyl sites for hydroxylation is 2. The Labute approximate surface area is 157 Å². The molecule has 1 atom stereocenters. The fraction of sp³-hybridized carbons (Fsp3) is 0.286. The second kappa shape index (κ2) is 6.69. The first-order valence-corrected chi connectivity index (χ1v) is 9.19. The molecule has 1 N–H and O–H groups in total. The molecule has 0 fully saturated rings. The van der Waals surface area contributed by atoms with E-state index in [-0.39, 0.29) is 11.9 Å². The summed E-state index contributed by atoms with van der Waals surface area (Å²) in [4.78, 5) is 12.9. The van der Waals surface area contributed by atoms with Crippen LogP contribution in [0.2, 0.25) is 5.02 Å². The van der Waals surface area contributed by atoms with Gasteiger partial charge in [-0.3, -0.25) is 4.79 Å². The lowest BCUT2D eigenvalue weighted by Crippen LogP contribution is -2.27. The normalized spacial score (nSPS) is 15.9. The van der Waals surface area contributed by atoms with Crippen LogP contribution in [0, 0.1) is 13.8 Å². The monoisotopic (exact) mass is 368 g/mol. The minimum absolute atomic E-state index is 0.0309. The summed E-state index contributed by atoms with van der Waals surface area (Å²) in [7, 11) is 0. The van der Waals surface area contributed by atoms with Crippen molar-refractivity contribution in [2.75, 3.05) is 0 Å². The molecule has 0 saturated carbocycles. The number of carbonyl (C=O) groups is 1. The highest BCUT2D eigenvalue weighted by molar-refractivity contribution is 6.30. The molecule has 1 aliphatic carbocycles. The summed E-state index contributed by atoms with van der Waals surface area (Å²) in [6, 6.07) is 11.7. The van der Waals surface area contributed by atoms with E-state index in [2.05, 4.69) is 9.88 Å². The largest absolute Gasteiger partial charge is 0.467 e. The number of aromatic nitrogens is 1. The van der Waals surface area contributed by atoms with Gasteiger partial charge in [0, 0.05) is 16.4 Å². The summed E-state index contributed by atoms with van der Waals surface area (Å²) < 4.78 is 7.55. The van der Waals surface area contributed by atoms with Crippen molar-refractivity contribution >= 4 is 17.5 Å². The third-order valence-corrected chi connectivity index (χ3v) is 5.44. The third kappa shape index (κ3) is 3.06. The molecular formula is C21H21ClN2O2. The molecule has 0 spiro atoms. The number of furan rings is 1. The van der Waals surface area contributed by atoms with Crippen LogP contribution in [0.25, 0.3) is 0 Å². The summed E-state index contributed by atoms with van der Waals surface area (Å²) in [5.74, 6) is 0.844. The Morgan fingerprint density at radius 1 is 1.31 bits per heavy atom. The van der Waals surface area contributed by atoms with E-state index in [1.807, 2.05) is 50.2 Å². The molecule has 0 bridgehead atoms. The summed E-state index contributed by atoms with van der Waals surface area (Å²) in [6.45, 7) is 4.62. The zero-order chi connectivity index (χ0) is 18.3. The first kappa shape index (κ1) is 17.0. The summed E-state index contributed by atoms with van der Waals surface area (Å²) in [5.41, 5.74) is 5.11. The van der Waals surface area contributed by atoms with Gasteiger partial charge in [-0.1, -0.05) is 17.7 Å². The van der Waals surface area contributed by atoms with Crippen LogP contribution in [-0.2, 0) is 13.0 Å². The standard InChI is InChI=1S/C21H21ClN2O2/c1-13-10-19(14(2)24(13)12-17-4-3-9-26-17)21(25)23-20-8-5-15-11-16(22)6-7-18(15)20/h3-4,6-7,9-11,20H,5,8,12H2,1-2H3,(H,23,25). The number of fused-ring (bicyclic) bond motifs is 1. The highest BCUT2D eigenvalue weighted by Crippen LogP contribution is 2.33. The van der Waals surface area contributed by atoms with Crippen LogP contribution in [0.5, 0.6) is 0 Å². The maximum absolute atomic E-state index is 12.9. The Balaban J connectivity index is 1.55. The van der Waals surface area contributed by atoms with Crippen LogP contribution < -0.4 is 5.32 Å². The number of nitrogens with zero attached hydrogens (tertiary/aromatic N) is 1. The molecule has 3 aromatic rings. The molecule has 134 valence electrons. The highest BCUT2D eigenvalue weighted by atomic mass is 35.5. The van der Waals surface area contributed by atoms with Crippen molar-refractivity contribution in [3.8, 4) is 0 Å². The van der Waals surface area contributed by atoms with Gasteiger partial charge in [-0.25, -0.2) is 0 Å². The minimum atomic E-state index is -0.0309. The summed E-state index contributed by atoms with van der Waals surface area (Å²) >= 11 is 6.07. The van der Waals surface area contributed by atoms with Crippen LogP contribution in [0.4, 0.5) is 0 Å². The molecule has 1 amide bonds. The van der Waals surface area contributed by atoms with E-state index in [0.29, 0.717) is 6.54 Å². The Hall–Kier alpha value is -2.46. The number of hydrogen-bond donors (Lipinski definition) is 1. The molecule has 2 heterocycles. The lowest BCUT2D eigenvalue weighted by molar-refractivity contribution is 0.0936. The van der Waals surface area contributed by atoms with Gasteiger partial charge in [-0.2, -0.15) is 0 Å². The first-order chi connectivity index (χ1) is 12.5. The number of halogens is 1. The van der Waals surface area contributed by atoms with Gasteiger partial charge in [-0.05, 0) is 68.1 Å². The first-order valence-electron chi connectivity index (χ1n) is 8.81. The number of hydrogen-bond acceptors (Lipinski definition) is 2. The highest BCUT2D eigenvalue weighted by Gasteiger charge is 2.26. The molecule has 0 radical (unpaired) electrons. The zero-order valence-corrected chi connectivity index (χ0v) is 15.6. The smallest absolute Gasteiger partial charge is 0.253 e. The predicted octanol–water partition coefficient (Wildman–Crippen LogP) is 4.82. The number of benzene rings is 1. The molecule has 0 saturated heterocycles. The quantitative estimate of drug-likeness (QED) is 0.717. The van der Waals surface area contributed by atoms with Crippen molar-refractivity contribution in [1.82, 2.24) is 9.88 Å². The maximum atomic E-state index is 12.9. The van der Waals surface area contributed by atoms with Crippen LogP contribution >= 0.6 is 11.6 Å². The van der Waals surface area contributed by atoms with Crippen molar-refractivity contribution in [2.24, 2.45) is 0 Å². The average molecular weight is 369 g/mol. The van der Waals surface area contributed by atoms with Crippen LogP contribution in [-0.4, -0.2) is 10.5 Å². The van der Waals surface area contributed by atoms with Gasteiger partial charge in [0.15, 0.2) is 0 Å². The van der Waals surface area contributed by atoms with E-state index >= 15 is 0 Å². The molecule has 1 aromatic carbocycles. The molecule has 26 heavy (non-hydrogen) atoms. The van der Waals surface area contributed by atoms with Crippen molar-refractivity contribution in [3.63, 3.8) is 0 Å². The van der Waals surface area contributed by atoms with E-state index in [4.69, 9.17) is 16.0 Å². The van der Waals surface area contributed by atoms with Crippen molar-refractivity contribution in [1.29, 1.82) is 0 Å². The number of carbonyl (C=O) groups excluding carboxylic acids is 1. The molecule has 1 aliphatic rings. The third-order valence-electron chi connectivity index (χ3n) is 5.20. The Morgan fingerprint density at radius 3 is 2.92 bits per heavy atom. The topological polar surface area (TPSA) is 47.2 Å². The number of nitrogens with one attached hydrogen (secondary N) is 1. The maximum Gasteiger partial charge on any atom is 0.253 e. The van der Waals surface area contributed by atoms with Gasteiger partial charge in [0.05, 0.1) is 24.4 Å². The lowest BCUT2D eigenvalue weighted by atomic mass is 10.1. The Kier molecular flexibility index (Phi) is 4.37. The van der Waals surface area contributed by atoms with Crippen molar-refractivity contribution < 1.29 is 9.21 Å². The predicted molar refractivity (Wildman–Crippen MR) is 102 cm³/mol. The summed E-state index contributed by atoms with van der Waals surface area (Å²) in [5, 5.41) is 3.94. The van der Waals surface area contributed by atoms with E-state index in [1.54, 1.807) is 6.26 Å². The lowest BCUT2D eigenvalue weighted by Gasteiger charge is -2.14. The van der Waals surface area contributed by atoms with Gasteiger partial charge < -0.3 is 14.3 Å². The van der Waals surface area contributed by atoms with Gasteiger partial charge in [0.25, 0.3) is 5.91 Å². The number of rotatable bonds is 4. The van der Waals surface area contributed by atoms with E-state index in [0.717, 1.165) is 40.6 Å². The van der Waals surface area contributed by atoms with Crippen molar-refractivity contribution in [2.45, 2.75) is 39.3 Å². The van der Waals surface area contributed by atoms with Gasteiger partial charge in [-0.15, -0.1) is 0 Å². The summed E-state index contributed by atoms with van der Waals surface area (Å²) in [6.07, 6.45) is 3.52. The molecule has 4 nitrogen and oxygen atoms in total. The second-order valence-corrected chi connectivity index (χ2v) is 7.29. The minimum Gasteiger partial charge on any atom is -0.467 e. The molecule has 1 unspecified atom stereocenters. The van der Waals surface area contributed by atoms with E-state index < -0.39 is 0 Å². The molecule has 0 aliphatic heterocycles. The second-order valence-electron chi connectivity index (χ2n) is 6.86. The average Bonchev–Trinajstić information content (AvgIpc) is 3.32. The van der Waals surface area contributed by atoms with Crippen LogP contribution in [0.1, 0.15) is 51.1 Å². The van der Waals surface area contributed by atoms with Crippen LogP contribution in [0.15, 0.2) is 47.1 Å². The molecule has 4 rings (SSSR count). The van der Waals surface area contributed by atoms with Crippen LogP contribution in [0.3, 0.4) is 0 Å². The Morgan fingerprint density at radius 2 is 2.15 bits per heavy atom. The van der Waals surface area contributed by atoms with Gasteiger partial charge in [0.2, 0.25) is 0 Å². The molecule has 5 heteroatoms. The fourth-order valence-electron chi connectivity index (χ4n) is 3.80. The van der Waals surface area contributed by atoms with Crippen molar-refractivity contribution in [3.05, 3.63) is 81.5 Å². The zero-order valence-electron chi connectivity index (χ0n) is 14.9. The van der Waals surface area contributed by atoms with Gasteiger partial charge in [0.1, 0.15) is 5.76 Å². The Bertz CT molecular complexity index is 957. The van der Waals surface area contributed by atoms with E-state index in [1.165, 1.54) is 11.1 Å². The van der Waals surface area contributed by atoms with E-state index in [9.17, 15) is 4.79 Å². The SMILES string of the molecule is Cc1cc(C(=O)NC2CCc3cc(Cl)ccc32)c(C)n1Cc1ccco1. The molecule has 2 aromatic heterocycles. The number of amides is 1. The molecular weight excluding hydrogens is 348 g/mol. The fourth-order valence-corrected chi connectivity index (χ4v) is 4.00.